The van der Waals surface area contributed by atoms with Crippen LogP contribution in [-0.4, -0.2) is 45.0 Å². The Hall–Kier alpha value is -3.01. The third-order valence-corrected chi connectivity index (χ3v) is 7.97. The van der Waals surface area contributed by atoms with Gasteiger partial charge in [0.25, 0.3) is 0 Å². The van der Waals surface area contributed by atoms with Gasteiger partial charge in [-0.3, -0.25) is 0 Å². The van der Waals surface area contributed by atoms with Gasteiger partial charge in [0, 0.05) is 30.1 Å². The third kappa shape index (κ3) is 4.31. The molecule has 33 heavy (non-hydrogen) atoms. The SMILES string of the molecule is O=C(OCc1cc(=O)oc2cc3c(cc12)CCC3)c1cccc(S(=O)(=O)N2CCOCC2)c1. The fourth-order valence-corrected chi connectivity index (χ4v) is 5.81. The van der Waals surface area contributed by atoms with Gasteiger partial charge in [-0.25, -0.2) is 18.0 Å². The van der Waals surface area contributed by atoms with Gasteiger partial charge in [0.15, 0.2) is 0 Å². The van der Waals surface area contributed by atoms with Crippen LogP contribution < -0.4 is 5.63 Å². The molecule has 1 fully saturated rings. The monoisotopic (exact) mass is 469 g/mol. The van der Waals surface area contributed by atoms with Crippen LogP contribution in [0.2, 0.25) is 0 Å². The quantitative estimate of drug-likeness (QED) is 0.418. The van der Waals surface area contributed by atoms with Crippen LogP contribution in [0.25, 0.3) is 11.0 Å². The number of morpholine rings is 1. The molecule has 1 aromatic heterocycles. The number of carbonyl (C=O) groups is 1. The molecule has 2 heterocycles. The normalized spacial score (nSPS) is 16.6. The first-order valence-electron chi connectivity index (χ1n) is 10.9. The average molecular weight is 470 g/mol. The van der Waals surface area contributed by atoms with Crippen molar-refractivity contribution in [2.75, 3.05) is 26.3 Å². The molecule has 1 saturated heterocycles. The van der Waals surface area contributed by atoms with Crippen molar-refractivity contribution in [3.63, 3.8) is 0 Å². The van der Waals surface area contributed by atoms with Crippen molar-refractivity contribution < 1.29 is 27.1 Å². The molecular formula is C24H23NO7S. The lowest BCUT2D eigenvalue weighted by atomic mass is 10.0. The second-order valence-corrected chi connectivity index (χ2v) is 10.1. The molecule has 3 aromatic rings. The molecule has 0 N–H and O–H groups in total. The molecule has 1 aliphatic carbocycles. The molecule has 2 aliphatic rings. The summed E-state index contributed by atoms with van der Waals surface area (Å²) < 4.78 is 43.2. The van der Waals surface area contributed by atoms with E-state index >= 15 is 0 Å². The molecule has 2 aromatic carbocycles. The van der Waals surface area contributed by atoms with Crippen molar-refractivity contribution in [3.8, 4) is 0 Å². The zero-order valence-electron chi connectivity index (χ0n) is 17.9. The molecule has 0 radical (unpaired) electrons. The number of ether oxygens (including phenoxy) is 2. The number of aryl methyl sites for hydroxylation is 2. The Morgan fingerprint density at radius 2 is 1.79 bits per heavy atom. The molecular weight excluding hydrogens is 446 g/mol. The minimum absolute atomic E-state index is 0.0280. The lowest BCUT2D eigenvalue weighted by Gasteiger charge is -2.26. The molecule has 0 amide bonds. The molecule has 172 valence electrons. The van der Waals surface area contributed by atoms with Gasteiger partial charge in [-0.05, 0) is 60.7 Å². The molecule has 0 spiro atoms. The fourth-order valence-electron chi connectivity index (χ4n) is 4.36. The molecule has 0 unspecified atom stereocenters. The van der Waals surface area contributed by atoms with Crippen LogP contribution in [0.5, 0.6) is 0 Å². The van der Waals surface area contributed by atoms with E-state index in [1.807, 2.05) is 12.1 Å². The van der Waals surface area contributed by atoms with Crippen molar-refractivity contribution in [1.82, 2.24) is 4.31 Å². The molecule has 8 nitrogen and oxygen atoms in total. The van der Waals surface area contributed by atoms with E-state index in [2.05, 4.69) is 0 Å². The number of hydrogen-bond donors (Lipinski definition) is 0. The van der Waals surface area contributed by atoms with Crippen molar-refractivity contribution >= 4 is 27.0 Å². The Morgan fingerprint density at radius 3 is 2.58 bits per heavy atom. The van der Waals surface area contributed by atoms with Gasteiger partial charge in [-0.15, -0.1) is 0 Å². The zero-order valence-corrected chi connectivity index (χ0v) is 18.7. The Balaban J connectivity index is 1.37. The minimum Gasteiger partial charge on any atom is -0.457 e. The standard InChI is InChI=1S/C24H23NO7S/c26-23-14-19(21-12-16-3-1-4-17(16)13-22(21)32-23)15-31-24(27)18-5-2-6-20(11-18)33(28,29)25-7-9-30-10-8-25/h2,5-6,11-14H,1,3-4,7-10,15H2. The third-order valence-electron chi connectivity index (χ3n) is 6.08. The molecule has 0 saturated carbocycles. The van der Waals surface area contributed by atoms with Gasteiger partial charge in [-0.2, -0.15) is 4.31 Å². The first kappa shape index (κ1) is 21.8. The number of benzene rings is 2. The highest BCUT2D eigenvalue weighted by Crippen LogP contribution is 2.29. The van der Waals surface area contributed by atoms with Crippen molar-refractivity contribution in [2.24, 2.45) is 0 Å². The lowest BCUT2D eigenvalue weighted by Crippen LogP contribution is -2.40. The van der Waals surface area contributed by atoms with Gasteiger partial charge in [0.2, 0.25) is 10.0 Å². The maximum Gasteiger partial charge on any atom is 0.338 e. The largest absolute Gasteiger partial charge is 0.457 e. The topological polar surface area (TPSA) is 103 Å². The maximum absolute atomic E-state index is 12.9. The predicted octanol–water partition coefficient (Wildman–Crippen LogP) is 2.66. The number of rotatable bonds is 5. The van der Waals surface area contributed by atoms with Crippen LogP contribution in [0.15, 0.2) is 56.6 Å². The molecule has 9 heteroatoms. The Kier molecular flexibility index (Phi) is 5.77. The Labute approximate surface area is 190 Å². The van der Waals surface area contributed by atoms with E-state index in [0.717, 1.165) is 24.6 Å². The van der Waals surface area contributed by atoms with E-state index in [1.54, 1.807) is 0 Å². The number of nitrogens with zero attached hydrogens (tertiary/aromatic N) is 1. The summed E-state index contributed by atoms with van der Waals surface area (Å²) in [6.07, 6.45) is 2.98. The highest BCUT2D eigenvalue weighted by molar-refractivity contribution is 7.89. The Morgan fingerprint density at radius 1 is 1.03 bits per heavy atom. The summed E-state index contributed by atoms with van der Waals surface area (Å²) >= 11 is 0. The van der Waals surface area contributed by atoms with Crippen LogP contribution in [-0.2, 0) is 38.9 Å². The van der Waals surface area contributed by atoms with Gasteiger partial charge in [0.05, 0.1) is 23.7 Å². The first-order chi connectivity index (χ1) is 15.9. The number of fused-ring (bicyclic) bond motifs is 2. The van der Waals surface area contributed by atoms with E-state index in [9.17, 15) is 18.0 Å². The summed E-state index contributed by atoms with van der Waals surface area (Å²) in [4.78, 5) is 24.8. The van der Waals surface area contributed by atoms with Gasteiger partial charge >= 0.3 is 11.6 Å². The highest BCUT2D eigenvalue weighted by Gasteiger charge is 2.27. The Bertz CT molecular complexity index is 1390. The van der Waals surface area contributed by atoms with Crippen LogP contribution >= 0.6 is 0 Å². The van der Waals surface area contributed by atoms with Crippen molar-refractivity contribution in [1.29, 1.82) is 0 Å². The van der Waals surface area contributed by atoms with Gasteiger partial charge < -0.3 is 13.9 Å². The minimum atomic E-state index is -3.73. The van der Waals surface area contributed by atoms with E-state index in [1.165, 1.54) is 45.8 Å². The smallest absolute Gasteiger partial charge is 0.338 e. The van der Waals surface area contributed by atoms with Crippen molar-refractivity contribution in [3.05, 3.63) is 75.1 Å². The fraction of sp³-hybridized carbons (Fsp3) is 0.333. The second kappa shape index (κ2) is 8.74. The zero-order chi connectivity index (χ0) is 23.0. The summed E-state index contributed by atoms with van der Waals surface area (Å²) in [6.45, 7) is 1.08. The number of esters is 1. The summed E-state index contributed by atoms with van der Waals surface area (Å²) in [5.74, 6) is -0.670. The number of hydrogen-bond acceptors (Lipinski definition) is 7. The maximum atomic E-state index is 12.9. The number of carbonyl (C=O) groups excluding carboxylic acids is 1. The van der Waals surface area contributed by atoms with Gasteiger partial charge in [-0.1, -0.05) is 6.07 Å². The summed E-state index contributed by atoms with van der Waals surface area (Å²) in [6, 6.07) is 11.0. The number of sulfonamides is 1. The van der Waals surface area contributed by atoms with E-state index in [-0.39, 0.29) is 30.2 Å². The van der Waals surface area contributed by atoms with E-state index in [4.69, 9.17) is 13.9 Å². The predicted molar refractivity (Wildman–Crippen MR) is 120 cm³/mol. The molecule has 1 aliphatic heterocycles. The average Bonchev–Trinajstić information content (AvgIpc) is 3.29. The van der Waals surface area contributed by atoms with Crippen LogP contribution in [0.4, 0.5) is 0 Å². The summed E-state index contributed by atoms with van der Waals surface area (Å²) in [5.41, 5.74) is 3.04. The second-order valence-electron chi connectivity index (χ2n) is 8.18. The van der Waals surface area contributed by atoms with Crippen LogP contribution in [0.3, 0.4) is 0 Å². The van der Waals surface area contributed by atoms with Crippen LogP contribution in [0, 0.1) is 0 Å². The van der Waals surface area contributed by atoms with E-state index < -0.39 is 21.6 Å². The molecule has 0 bridgehead atoms. The van der Waals surface area contributed by atoms with Gasteiger partial charge in [0.1, 0.15) is 12.2 Å². The highest BCUT2D eigenvalue weighted by atomic mass is 32.2. The van der Waals surface area contributed by atoms with Crippen molar-refractivity contribution in [2.45, 2.75) is 30.8 Å². The lowest BCUT2D eigenvalue weighted by molar-refractivity contribution is 0.0473. The van der Waals surface area contributed by atoms with E-state index in [0.29, 0.717) is 24.4 Å². The molecule has 0 atom stereocenters. The first-order valence-corrected chi connectivity index (χ1v) is 12.3. The summed E-state index contributed by atoms with van der Waals surface area (Å²) in [5, 5.41) is 0.742. The van der Waals surface area contributed by atoms with Crippen LogP contribution in [0.1, 0.15) is 33.5 Å². The summed E-state index contributed by atoms with van der Waals surface area (Å²) in [7, 11) is -3.73. The molecule has 5 rings (SSSR count).